The molecule has 1 N–H and O–H groups in total. The highest BCUT2D eigenvalue weighted by molar-refractivity contribution is 9.11. The molecule has 0 aromatic heterocycles. The SMILES string of the molecule is CC(NCC1CCSCC1)c1ccc(Br)cc1Br. The van der Waals surface area contributed by atoms with Crippen LogP contribution < -0.4 is 5.32 Å². The molecule has 1 fully saturated rings. The molecule has 1 aliphatic rings. The van der Waals surface area contributed by atoms with Gasteiger partial charge in [0.2, 0.25) is 0 Å². The Morgan fingerprint density at radius 3 is 2.72 bits per heavy atom. The number of nitrogens with one attached hydrogen (secondary N) is 1. The van der Waals surface area contributed by atoms with Gasteiger partial charge in [-0.3, -0.25) is 0 Å². The van der Waals surface area contributed by atoms with Crippen molar-refractivity contribution in [1.29, 1.82) is 0 Å². The zero-order valence-corrected chi connectivity index (χ0v) is 14.6. The van der Waals surface area contributed by atoms with E-state index in [1.807, 2.05) is 0 Å². The quantitative estimate of drug-likeness (QED) is 0.773. The van der Waals surface area contributed by atoms with Gasteiger partial charge in [-0.2, -0.15) is 11.8 Å². The summed E-state index contributed by atoms with van der Waals surface area (Å²) >= 11 is 9.23. The van der Waals surface area contributed by atoms with Crippen molar-refractivity contribution < 1.29 is 0 Å². The van der Waals surface area contributed by atoms with Crippen LogP contribution in [0.4, 0.5) is 0 Å². The highest BCUT2D eigenvalue weighted by atomic mass is 79.9. The lowest BCUT2D eigenvalue weighted by atomic mass is 10.0. The molecule has 1 nitrogen and oxygen atoms in total. The summed E-state index contributed by atoms with van der Waals surface area (Å²) in [6, 6.07) is 6.81. The lowest BCUT2D eigenvalue weighted by Crippen LogP contribution is -2.28. The van der Waals surface area contributed by atoms with Crippen LogP contribution in [0.15, 0.2) is 27.1 Å². The largest absolute Gasteiger partial charge is 0.310 e. The summed E-state index contributed by atoms with van der Waals surface area (Å²) in [5.41, 5.74) is 1.34. The van der Waals surface area contributed by atoms with E-state index in [0.717, 1.165) is 16.9 Å². The van der Waals surface area contributed by atoms with Crippen molar-refractivity contribution in [2.75, 3.05) is 18.1 Å². The molecule has 0 bridgehead atoms. The molecule has 18 heavy (non-hydrogen) atoms. The molecule has 4 heteroatoms. The van der Waals surface area contributed by atoms with Crippen LogP contribution in [0.3, 0.4) is 0 Å². The zero-order chi connectivity index (χ0) is 13.0. The van der Waals surface area contributed by atoms with Gasteiger partial charge in [-0.1, -0.05) is 37.9 Å². The first-order valence-electron chi connectivity index (χ1n) is 6.43. The third-order valence-electron chi connectivity index (χ3n) is 3.48. The van der Waals surface area contributed by atoms with Gasteiger partial charge >= 0.3 is 0 Å². The predicted octanol–water partition coefficient (Wildman–Crippen LogP) is 5.01. The van der Waals surface area contributed by atoms with E-state index < -0.39 is 0 Å². The summed E-state index contributed by atoms with van der Waals surface area (Å²) in [7, 11) is 0. The Bertz CT molecular complexity index is 391. The number of benzene rings is 1. The summed E-state index contributed by atoms with van der Waals surface area (Å²) in [5.74, 6) is 3.54. The van der Waals surface area contributed by atoms with Gasteiger partial charge in [0.05, 0.1) is 0 Å². The number of halogens is 2. The number of thioether (sulfide) groups is 1. The molecular formula is C14H19Br2NS. The lowest BCUT2D eigenvalue weighted by Gasteiger charge is -2.24. The smallest absolute Gasteiger partial charge is 0.0303 e. The van der Waals surface area contributed by atoms with Crippen molar-refractivity contribution in [1.82, 2.24) is 5.32 Å². The lowest BCUT2D eigenvalue weighted by molar-refractivity contribution is 0.420. The first kappa shape index (κ1) is 14.9. The maximum absolute atomic E-state index is 3.67. The number of hydrogen-bond donors (Lipinski definition) is 1. The van der Waals surface area contributed by atoms with Gasteiger partial charge in [0.1, 0.15) is 0 Å². The Morgan fingerprint density at radius 1 is 1.33 bits per heavy atom. The molecule has 1 unspecified atom stereocenters. The summed E-state index contributed by atoms with van der Waals surface area (Å²) < 4.78 is 2.30. The van der Waals surface area contributed by atoms with Crippen molar-refractivity contribution in [3.63, 3.8) is 0 Å². The van der Waals surface area contributed by atoms with Crippen LogP contribution in [0.5, 0.6) is 0 Å². The van der Waals surface area contributed by atoms with Crippen LogP contribution in [0, 0.1) is 5.92 Å². The number of hydrogen-bond acceptors (Lipinski definition) is 2. The van der Waals surface area contributed by atoms with Gasteiger partial charge < -0.3 is 5.32 Å². The highest BCUT2D eigenvalue weighted by Gasteiger charge is 2.15. The average molecular weight is 393 g/mol. The highest BCUT2D eigenvalue weighted by Crippen LogP contribution is 2.28. The number of rotatable bonds is 4. The van der Waals surface area contributed by atoms with E-state index in [4.69, 9.17) is 0 Å². The molecule has 0 saturated carbocycles. The van der Waals surface area contributed by atoms with Gasteiger partial charge in [-0.05, 0) is 61.4 Å². The monoisotopic (exact) mass is 391 g/mol. The van der Waals surface area contributed by atoms with Crippen molar-refractivity contribution >= 4 is 43.6 Å². The van der Waals surface area contributed by atoms with Crippen LogP contribution in [0.1, 0.15) is 31.4 Å². The Kier molecular flexibility index (Phi) is 6.05. The van der Waals surface area contributed by atoms with Crippen LogP contribution in [-0.4, -0.2) is 18.1 Å². The maximum atomic E-state index is 3.67. The Morgan fingerprint density at radius 2 is 2.06 bits per heavy atom. The first-order valence-corrected chi connectivity index (χ1v) is 9.17. The molecule has 1 aromatic carbocycles. The fourth-order valence-corrected chi connectivity index (χ4v) is 4.85. The first-order chi connectivity index (χ1) is 8.66. The van der Waals surface area contributed by atoms with Gasteiger partial charge in [-0.15, -0.1) is 0 Å². The maximum Gasteiger partial charge on any atom is 0.0303 e. The molecule has 100 valence electrons. The summed E-state index contributed by atoms with van der Waals surface area (Å²) in [6.07, 6.45) is 2.73. The van der Waals surface area contributed by atoms with E-state index in [1.165, 1.54) is 34.4 Å². The minimum Gasteiger partial charge on any atom is -0.310 e. The second-order valence-corrected chi connectivity index (χ2v) is 7.85. The van der Waals surface area contributed by atoms with E-state index in [9.17, 15) is 0 Å². The van der Waals surface area contributed by atoms with E-state index in [0.29, 0.717) is 6.04 Å². The van der Waals surface area contributed by atoms with Crippen LogP contribution in [-0.2, 0) is 0 Å². The zero-order valence-electron chi connectivity index (χ0n) is 10.6. The van der Waals surface area contributed by atoms with E-state index in [-0.39, 0.29) is 0 Å². The van der Waals surface area contributed by atoms with Gasteiger partial charge in [0.15, 0.2) is 0 Å². The van der Waals surface area contributed by atoms with Crippen LogP contribution in [0.25, 0.3) is 0 Å². The van der Waals surface area contributed by atoms with Crippen LogP contribution in [0.2, 0.25) is 0 Å². The van der Waals surface area contributed by atoms with Crippen molar-refractivity contribution in [3.05, 3.63) is 32.7 Å². The third kappa shape index (κ3) is 4.26. The minimum absolute atomic E-state index is 0.405. The van der Waals surface area contributed by atoms with Crippen molar-refractivity contribution in [3.8, 4) is 0 Å². The standard InChI is InChI=1S/C14H19Br2NS/c1-10(13-3-2-12(15)8-14(13)16)17-9-11-4-6-18-7-5-11/h2-3,8,10-11,17H,4-7,9H2,1H3. The van der Waals surface area contributed by atoms with E-state index >= 15 is 0 Å². The fourth-order valence-electron chi connectivity index (χ4n) is 2.26. The average Bonchev–Trinajstić information content (AvgIpc) is 2.37. The van der Waals surface area contributed by atoms with Crippen LogP contribution >= 0.6 is 43.6 Å². The van der Waals surface area contributed by atoms with Gasteiger partial charge in [0.25, 0.3) is 0 Å². The molecule has 1 heterocycles. The molecular weight excluding hydrogens is 374 g/mol. The molecule has 2 rings (SSSR count). The molecule has 1 atom stereocenters. The normalized spacial score (nSPS) is 18.8. The molecule has 1 saturated heterocycles. The third-order valence-corrected chi connectivity index (χ3v) is 5.71. The topological polar surface area (TPSA) is 12.0 Å². The minimum atomic E-state index is 0.405. The van der Waals surface area contributed by atoms with E-state index in [2.05, 4.69) is 74.1 Å². The van der Waals surface area contributed by atoms with Gasteiger partial charge in [0, 0.05) is 15.0 Å². The summed E-state index contributed by atoms with van der Waals surface area (Å²) in [4.78, 5) is 0. The second-order valence-electron chi connectivity index (χ2n) is 4.85. The Balaban J connectivity index is 1.88. The fraction of sp³-hybridized carbons (Fsp3) is 0.571. The van der Waals surface area contributed by atoms with Gasteiger partial charge in [-0.25, -0.2) is 0 Å². The van der Waals surface area contributed by atoms with Crippen molar-refractivity contribution in [2.45, 2.75) is 25.8 Å². The molecule has 0 radical (unpaired) electrons. The molecule has 1 aromatic rings. The summed E-state index contributed by atoms with van der Waals surface area (Å²) in [6.45, 7) is 3.38. The molecule has 0 amide bonds. The summed E-state index contributed by atoms with van der Waals surface area (Å²) in [5, 5.41) is 3.67. The van der Waals surface area contributed by atoms with E-state index in [1.54, 1.807) is 0 Å². The molecule has 0 aliphatic carbocycles. The molecule has 1 aliphatic heterocycles. The van der Waals surface area contributed by atoms with Crippen molar-refractivity contribution in [2.24, 2.45) is 5.92 Å². The second kappa shape index (κ2) is 7.32. The molecule has 0 spiro atoms. The Labute approximate surface area is 131 Å². The Hall–Kier alpha value is 0.490. The predicted molar refractivity (Wildman–Crippen MR) is 88.3 cm³/mol.